The zero-order valence-electron chi connectivity index (χ0n) is 15.2. The van der Waals surface area contributed by atoms with Gasteiger partial charge in [0.15, 0.2) is 0 Å². The summed E-state index contributed by atoms with van der Waals surface area (Å²) < 4.78 is 2.03. The molecule has 0 aliphatic heterocycles. The van der Waals surface area contributed by atoms with Gasteiger partial charge in [-0.1, -0.05) is 0 Å². The lowest BCUT2D eigenvalue weighted by molar-refractivity contribution is 0.0921. The second-order valence-electron chi connectivity index (χ2n) is 6.97. The molecule has 1 saturated carbocycles. The standard InChI is InChI=1S/C20H22N6O/c1-14-10-21-8-6-18(14)20(27)25-16-2-4-17(5-3-16)26-12-15(11-24-26)19-7-9-22-13-23-19/h6-13,16-17H,2-5H2,1H3,(H,25,27). The van der Waals surface area contributed by atoms with E-state index in [1.54, 1.807) is 31.0 Å². The van der Waals surface area contributed by atoms with Gasteiger partial charge in [0, 0.05) is 42.0 Å². The van der Waals surface area contributed by atoms with E-state index in [4.69, 9.17) is 0 Å². The maximum Gasteiger partial charge on any atom is 0.251 e. The first-order valence-corrected chi connectivity index (χ1v) is 9.23. The first-order valence-electron chi connectivity index (χ1n) is 9.23. The summed E-state index contributed by atoms with van der Waals surface area (Å²) in [5.41, 5.74) is 3.48. The predicted molar refractivity (Wildman–Crippen MR) is 101 cm³/mol. The fourth-order valence-corrected chi connectivity index (χ4v) is 3.61. The Morgan fingerprint density at radius 1 is 1.11 bits per heavy atom. The van der Waals surface area contributed by atoms with E-state index in [9.17, 15) is 4.79 Å². The predicted octanol–water partition coefficient (Wildman–Crippen LogP) is 2.96. The SMILES string of the molecule is Cc1cnccc1C(=O)NC1CCC(n2cc(-c3ccncn3)cn2)CC1. The molecule has 7 heteroatoms. The zero-order chi connectivity index (χ0) is 18.6. The molecule has 0 aromatic carbocycles. The highest BCUT2D eigenvalue weighted by molar-refractivity contribution is 5.95. The van der Waals surface area contributed by atoms with Crippen molar-refractivity contribution in [2.24, 2.45) is 0 Å². The van der Waals surface area contributed by atoms with Crippen LogP contribution in [0.2, 0.25) is 0 Å². The minimum atomic E-state index is -0.0107. The van der Waals surface area contributed by atoms with Crippen molar-refractivity contribution >= 4 is 5.91 Å². The van der Waals surface area contributed by atoms with Crippen molar-refractivity contribution in [3.8, 4) is 11.3 Å². The minimum absolute atomic E-state index is 0.0107. The first kappa shape index (κ1) is 17.3. The van der Waals surface area contributed by atoms with Gasteiger partial charge >= 0.3 is 0 Å². The topological polar surface area (TPSA) is 85.6 Å². The van der Waals surface area contributed by atoms with Crippen LogP contribution in [0.15, 0.2) is 49.4 Å². The van der Waals surface area contributed by atoms with Crippen LogP contribution < -0.4 is 5.32 Å². The Balaban J connectivity index is 1.35. The van der Waals surface area contributed by atoms with Crippen LogP contribution >= 0.6 is 0 Å². The molecule has 3 heterocycles. The van der Waals surface area contributed by atoms with Gasteiger partial charge in [0.25, 0.3) is 5.91 Å². The number of carbonyl (C=O) groups excluding carboxylic acids is 1. The highest BCUT2D eigenvalue weighted by atomic mass is 16.1. The quantitative estimate of drug-likeness (QED) is 0.771. The van der Waals surface area contributed by atoms with E-state index in [-0.39, 0.29) is 11.9 Å². The number of aryl methyl sites for hydroxylation is 1. The summed E-state index contributed by atoms with van der Waals surface area (Å²) in [6.45, 7) is 1.91. The number of nitrogens with zero attached hydrogens (tertiary/aromatic N) is 5. The largest absolute Gasteiger partial charge is 0.349 e. The zero-order valence-corrected chi connectivity index (χ0v) is 15.2. The van der Waals surface area contributed by atoms with Gasteiger partial charge in [-0.05, 0) is 50.3 Å². The fraction of sp³-hybridized carbons (Fsp3) is 0.350. The summed E-state index contributed by atoms with van der Waals surface area (Å²) >= 11 is 0. The molecule has 1 aliphatic rings. The summed E-state index contributed by atoms with van der Waals surface area (Å²) in [7, 11) is 0. The number of hydrogen-bond acceptors (Lipinski definition) is 5. The van der Waals surface area contributed by atoms with E-state index in [0.717, 1.165) is 42.5 Å². The molecular weight excluding hydrogens is 340 g/mol. The van der Waals surface area contributed by atoms with E-state index < -0.39 is 0 Å². The molecule has 0 bridgehead atoms. The molecule has 1 amide bonds. The third-order valence-corrected chi connectivity index (χ3v) is 5.15. The van der Waals surface area contributed by atoms with Crippen LogP contribution in [0.4, 0.5) is 0 Å². The normalized spacial score (nSPS) is 19.6. The van der Waals surface area contributed by atoms with Gasteiger partial charge in [-0.15, -0.1) is 0 Å². The van der Waals surface area contributed by atoms with Crippen molar-refractivity contribution in [1.82, 2.24) is 30.0 Å². The second-order valence-corrected chi connectivity index (χ2v) is 6.97. The summed E-state index contributed by atoms with van der Waals surface area (Å²) in [5, 5.41) is 7.69. The molecule has 3 aromatic rings. The van der Waals surface area contributed by atoms with E-state index in [0.29, 0.717) is 11.6 Å². The van der Waals surface area contributed by atoms with E-state index in [1.807, 2.05) is 30.1 Å². The number of hydrogen-bond donors (Lipinski definition) is 1. The molecule has 138 valence electrons. The van der Waals surface area contributed by atoms with Crippen LogP contribution in [0.3, 0.4) is 0 Å². The Hall–Kier alpha value is -3.09. The van der Waals surface area contributed by atoms with E-state index >= 15 is 0 Å². The number of aromatic nitrogens is 5. The van der Waals surface area contributed by atoms with Crippen molar-refractivity contribution in [3.05, 3.63) is 60.6 Å². The second kappa shape index (κ2) is 7.65. The molecule has 1 fully saturated rings. The third-order valence-electron chi connectivity index (χ3n) is 5.15. The van der Waals surface area contributed by atoms with Crippen LogP contribution in [0, 0.1) is 6.92 Å². The van der Waals surface area contributed by atoms with Crippen LogP contribution in [0.1, 0.15) is 47.6 Å². The van der Waals surface area contributed by atoms with Gasteiger partial charge in [0.2, 0.25) is 0 Å². The average Bonchev–Trinajstić information content (AvgIpc) is 3.20. The molecule has 1 N–H and O–H groups in total. The van der Waals surface area contributed by atoms with Crippen molar-refractivity contribution < 1.29 is 4.79 Å². The van der Waals surface area contributed by atoms with Crippen LogP contribution in [0.25, 0.3) is 11.3 Å². The fourth-order valence-electron chi connectivity index (χ4n) is 3.61. The Labute approximate surface area is 157 Å². The van der Waals surface area contributed by atoms with Crippen LogP contribution in [-0.4, -0.2) is 36.7 Å². The molecule has 1 aliphatic carbocycles. The van der Waals surface area contributed by atoms with Gasteiger partial charge in [-0.2, -0.15) is 5.10 Å². The average molecular weight is 362 g/mol. The van der Waals surface area contributed by atoms with Crippen LogP contribution in [-0.2, 0) is 0 Å². The monoisotopic (exact) mass is 362 g/mol. The van der Waals surface area contributed by atoms with Gasteiger partial charge < -0.3 is 5.32 Å². The summed E-state index contributed by atoms with van der Waals surface area (Å²) in [6.07, 6.45) is 14.4. The third kappa shape index (κ3) is 3.86. The van der Waals surface area contributed by atoms with Crippen molar-refractivity contribution in [2.45, 2.75) is 44.7 Å². The Bertz CT molecular complexity index is 915. The van der Waals surface area contributed by atoms with E-state index in [1.165, 1.54) is 0 Å². The lowest BCUT2D eigenvalue weighted by Crippen LogP contribution is -2.38. The van der Waals surface area contributed by atoms with Crippen LogP contribution in [0.5, 0.6) is 0 Å². The van der Waals surface area contributed by atoms with E-state index in [2.05, 4.69) is 25.4 Å². The smallest absolute Gasteiger partial charge is 0.251 e. The number of carbonyl (C=O) groups is 1. The Kier molecular flexibility index (Phi) is 4.91. The lowest BCUT2D eigenvalue weighted by atomic mass is 9.91. The number of amides is 1. The highest BCUT2D eigenvalue weighted by Crippen LogP contribution is 2.29. The van der Waals surface area contributed by atoms with Gasteiger partial charge in [-0.25, -0.2) is 9.97 Å². The molecule has 0 atom stereocenters. The molecule has 0 saturated heterocycles. The van der Waals surface area contributed by atoms with Gasteiger partial charge in [0.1, 0.15) is 6.33 Å². The maximum atomic E-state index is 12.5. The lowest BCUT2D eigenvalue weighted by Gasteiger charge is -2.29. The molecule has 3 aromatic heterocycles. The van der Waals surface area contributed by atoms with Gasteiger partial charge in [0.05, 0.1) is 17.9 Å². The molecule has 0 unspecified atom stereocenters. The molecule has 27 heavy (non-hydrogen) atoms. The molecule has 4 rings (SSSR count). The van der Waals surface area contributed by atoms with Gasteiger partial charge in [-0.3, -0.25) is 14.5 Å². The molecule has 7 nitrogen and oxygen atoms in total. The Morgan fingerprint density at radius 2 is 1.93 bits per heavy atom. The summed E-state index contributed by atoms with van der Waals surface area (Å²) in [4.78, 5) is 24.7. The van der Waals surface area contributed by atoms with Crippen molar-refractivity contribution in [1.29, 1.82) is 0 Å². The Morgan fingerprint density at radius 3 is 2.67 bits per heavy atom. The summed E-state index contributed by atoms with van der Waals surface area (Å²) in [6, 6.07) is 4.22. The van der Waals surface area contributed by atoms with Crippen molar-refractivity contribution in [2.75, 3.05) is 0 Å². The molecular formula is C20H22N6O. The molecule has 0 spiro atoms. The molecule has 0 radical (unpaired) electrons. The van der Waals surface area contributed by atoms with Crippen molar-refractivity contribution in [3.63, 3.8) is 0 Å². The number of rotatable bonds is 4. The minimum Gasteiger partial charge on any atom is -0.349 e. The number of pyridine rings is 1. The summed E-state index contributed by atoms with van der Waals surface area (Å²) in [5.74, 6) is -0.0107. The highest BCUT2D eigenvalue weighted by Gasteiger charge is 2.25. The number of nitrogens with one attached hydrogen (secondary N) is 1. The maximum absolute atomic E-state index is 12.5. The first-order chi connectivity index (χ1) is 13.2.